The molecule has 0 aliphatic heterocycles. The highest BCUT2D eigenvalue weighted by atomic mass is 32.2. The number of aryl methyl sites for hydroxylation is 1. The number of carbonyl (C=O) groups excluding carboxylic acids is 1. The Morgan fingerprint density at radius 3 is 2.74 bits per heavy atom. The van der Waals surface area contributed by atoms with Crippen molar-refractivity contribution in [2.45, 2.75) is 62.4 Å². The molecule has 0 aromatic carbocycles. The van der Waals surface area contributed by atoms with Gasteiger partial charge >= 0.3 is 5.69 Å². The second-order valence-corrected chi connectivity index (χ2v) is 8.85. The van der Waals surface area contributed by atoms with E-state index in [0.29, 0.717) is 17.6 Å². The van der Waals surface area contributed by atoms with E-state index >= 15 is 0 Å². The molecule has 1 fully saturated rings. The van der Waals surface area contributed by atoms with E-state index in [1.165, 1.54) is 0 Å². The number of carbonyl (C=O) groups is 1. The summed E-state index contributed by atoms with van der Waals surface area (Å²) >= 11 is 1.81. The van der Waals surface area contributed by atoms with Crippen LogP contribution in [0.4, 0.5) is 0 Å². The van der Waals surface area contributed by atoms with Gasteiger partial charge in [0, 0.05) is 36.4 Å². The van der Waals surface area contributed by atoms with Crippen LogP contribution in [0.15, 0.2) is 28.4 Å². The van der Waals surface area contributed by atoms with Crippen molar-refractivity contribution in [1.29, 1.82) is 0 Å². The third-order valence-corrected chi connectivity index (χ3v) is 6.13. The van der Waals surface area contributed by atoms with Gasteiger partial charge in [-0.2, -0.15) is 4.98 Å². The Morgan fingerprint density at radius 2 is 2.11 bits per heavy atom. The third-order valence-electron chi connectivity index (χ3n) is 4.72. The fourth-order valence-corrected chi connectivity index (χ4v) is 4.53. The molecule has 7 nitrogen and oxygen atoms in total. The molecule has 0 unspecified atom stereocenters. The molecule has 3 rings (SSSR count). The van der Waals surface area contributed by atoms with Crippen molar-refractivity contribution in [2.75, 3.05) is 0 Å². The molecular formula is C19H27N5O2S. The number of hydrogen-bond acceptors (Lipinski definition) is 5. The maximum Gasteiger partial charge on any atom is 0.345 e. The number of thioether (sulfide) groups is 1. The highest BCUT2D eigenvalue weighted by molar-refractivity contribution is 7.99. The normalized spacial score (nSPS) is 20.0. The van der Waals surface area contributed by atoms with E-state index in [9.17, 15) is 9.59 Å². The molecule has 1 saturated carbocycles. The molecule has 2 heterocycles. The molecule has 0 spiro atoms. The lowest BCUT2D eigenvalue weighted by Gasteiger charge is -2.28. The smallest absolute Gasteiger partial charge is 0.345 e. The first-order chi connectivity index (χ1) is 12.9. The van der Waals surface area contributed by atoms with Crippen LogP contribution in [0, 0.1) is 5.92 Å². The average Bonchev–Trinajstić information content (AvgIpc) is 3.00. The van der Waals surface area contributed by atoms with Crippen molar-refractivity contribution < 1.29 is 4.79 Å². The van der Waals surface area contributed by atoms with Crippen molar-refractivity contribution in [3.63, 3.8) is 0 Å². The van der Waals surface area contributed by atoms with Crippen molar-refractivity contribution in [3.05, 3.63) is 40.3 Å². The fourth-order valence-electron chi connectivity index (χ4n) is 3.37. The monoisotopic (exact) mass is 389 g/mol. The van der Waals surface area contributed by atoms with E-state index in [0.717, 1.165) is 36.5 Å². The molecule has 2 N–H and O–H groups in total. The number of nitrogens with one attached hydrogen (secondary N) is 2. The summed E-state index contributed by atoms with van der Waals surface area (Å²) in [6, 6.07) is 1.82. The van der Waals surface area contributed by atoms with Crippen molar-refractivity contribution >= 4 is 17.7 Å². The molecule has 0 radical (unpaired) electrons. The molecule has 0 bridgehead atoms. The first-order valence-electron chi connectivity index (χ1n) is 9.45. The quantitative estimate of drug-likeness (QED) is 0.792. The molecule has 27 heavy (non-hydrogen) atoms. The first kappa shape index (κ1) is 19.7. The maximum absolute atomic E-state index is 12.5. The van der Waals surface area contributed by atoms with Crippen molar-refractivity contribution in [2.24, 2.45) is 13.0 Å². The summed E-state index contributed by atoms with van der Waals surface area (Å²) in [5.74, 6) is 0.136. The Morgan fingerprint density at radius 1 is 1.37 bits per heavy atom. The van der Waals surface area contributed by atoms with Gasteiger partial charge in [0.05, 0.1) is 0 Å². The summed E-state index contributed by atoms with van der Waals surface area (Å²) in [5.41, 5.74) is 0.498. The number of H-pyrrole nitrogens is 1. The van der Waals surface area contributed by atoms with Gasteiger partial charge in [-0.3, -0.25) is 4.79 Å². The fraction of sp³-hybridized carbons (Fsp3) is 0.579. The van der Waals surface area contributed by atoms with Crippen molar-refractivity contribution in [3.8, 4) is 0 Å². The van der Waals surface area contributed by atoms with Crippen LogP contribution in [0.3, 0.4) is 0 Å². The van der Waals surface area contributed by atoms with E-state index < -0.39 is 5.69 Å². The predicted molar refractivity (Wildman–Crippen MR) is 106 cm³/mol. The lowest BCUT2D eigenvalue weighted by Crippen LogP contribution is -2.39. The number of aromatic nitrogens is 4. The van der Waals surface area contributed by atoms with Crippen molar-refractivity contribution in [1.82, 2.24) is 24.8 Å². The molecular weight excluding hydrogens is 362 g/mol. The summed E-state index contributed by atoms with van der Waals surface area (Å²) in [7, 11) is 2.00. The summed E-state index contributed by atoms with van der Waals surface area (Å²) in [6.45, 7) is 4.14. The van der Waals surface area contributed by atoms with E-state index in [4.69, 9.17) is 0 Å². The van der Waals surface area contributed by atoms with Crippen LogP contribution < -0.4 is 11.0 Å². The standard InChI is InChI=1S/C19H27N5O2S/c1-12(2)10-14-11-16(23-18(26)22-14)17(25)21-13-4-6-15(7-5-13)27-19-20-8-9-24(19)3/h8-9,11-13,15H,4-7,10H2,1-3H3,(H,21,25)(H,22,23,26). The number of imidazole rings is 1. The van der Waals surface area contributed by atoms with Crippen LogP contribution in [0.1, 0.15) is 55.7 Å². The van der Waals surface area contributed by atoms with Gasteiger partial charge in [0.2, 0.25) is 0 Å². The van der Waals surface area contributed by atoms with Gasteiger partial charge in [-0.1, -0.05) is 25.6 Å². The van der Waals surface area contributed by atoms with Crippen LogP contribution in [0.25, 0.3) is 0 Å². The molecule has 0 atom stereocenters. The summed E-state index contributed by atoms with van der Waals surface area (Å²) in [4.78, 5) is 35.2. The van der Waals surface area contributed by atoms with Gasteiger partial charge in [-0.05, 0) is 44.1 Å². The Balaban J connectivity index is 1.54. The zero-order valence-electron chi connectivity index (χ0n) is 16.1. The summed E-state index contributed by atoms with van der Waals surface area (Å²) in [6.07, 6.45) is 8.40. The van der Waals surface area contributed by atoms with E-state index in [1.807, 2.05) is 24.0 Å². The number of amides is 1. The lowest BCUT2D eigenvalue weighted by atomic mass is 9.95. The number of hydrogen-bond donors (Lipinski definition) is 2. The Kier molecular flexibility index (Phi) is 6.36. The molecule has 2 aromatic rings. The first-order valence-corrected chi connectivity index (χ1v) is 10.3. The van der Waals surface area contributed by atoms with Crippen LogP contribution in [0.2, 0.25) is 0 Å². The van der Waals surface area contributed by atoms with Gasteiger partial charge < -0.3 is 14.9 Å². The predicted octanol–water partition coefficient (Wildman–Crippen LogP) is 2.54. The molecule has 8 heteroatoms. The minimum Gasteiger partial charge on any atom is -0.348 e. The molecule has 1 aliphatic rings. The zero-order chi connectivity index (χ0) is 19.4. The second-order valence-electron chi connectivity index (χ2n) is 7.58. The SMILES string of the molecule is CC(C)Cc1cc(C(=O)NC2CCC(Sc3nccn3C)CC2)nc(=O)[nH]1. The summed E-state index contributed by atoms with van der Waals surface area (Å²) in [5, 5.41) is 4.61. The zero-order valence-corrected chi connectivity index (χ0v) is 16.9. The van der Waals surface area contributed by atoms with Crippen LogP contribution >= 0.6 is 11.8 Å². The number of aromatic amines is 1. The minimum absolute atomic E-state index is 0.130. The number of nitrogens with zero attached hydrogens (tertiary/aromatic N) is 3. The van der Waals surface area contributed by atoms with Gasteiger partial charge in [0.1, 0.15) is 5.69 Å². The maximum atomic E-state index is 12.5. The summed E-state index contributed by atoms with van der Waals surface area (Å²) < 4.78 is 2.03. The van der Waals surface area contributed by atoms with Crippen LogP contribution in [-0.2, 0) is 13.5 Å². The van der Waals surface area contributed by atoms with E-state index in [2.05, 4.69) is 34.1 Å². The molecule has 146 valence electrons. The van der Waals surface area contributed by atoms with Gasteiger partial charge in [0.25, 0.3) is 5.91 Å². The minimum atomic E-state index is -0.464. The molecule has 0 saturated heterocycles. The lowest BCUT2D eigenvalue weighted by molar-refractivity contribution is 0.0922. The average molecular weight is 390 g/mol. The molecule has 1 amide bonds. The van der Waals surface area contributed by atoms with Crippen LogP contribution in [-0.4, -0.2) is 36.7 Å². The molecule has 1 aliphatic carbocycles. The van der Waals surface area contributed by atoms with Gasteiger partial charge in [-0.15, -0.1) is 0 Å². The van der Waals surface area contributed by atoms with Gasteiger partial charge in [-0.25, -0.2) is 9.78 Å². The Hall–Kier alpha value is -2.09. The third kappa shape index (κ3) is 5.45. The molecule has 2 aromatic heterocycles. The van der Waals surface area contributed by atoms with E-state index in [-0.39, 0.29) is 17.6 Å². The van der Waals surface area contributed by atoms with Crippen LogP contribution in [0.5, 0.6) is 0 Å². The number of rotatable bonds is 6. The highest BCUT2D eigenvalue weighted by Crippen LogP contribution is 2.32. The van der Waals surface area contributed by atoms with Gasteiger partial charge in [0.15, 0.2) is 5.16 Å². The highest BCUT2D eigenvalue weighted by Gasteiger charge is 2.25. The topological polar surface area (TPSA) is 92.7 Å². The Bertz CT molecular complexity index is 837. The van der Waals surface area contributed by atoms with E-state index in [1.54, 1.807) is 17.8 Å². The largest absolute Gasteiger partial charge is 0.348 e. The Labute approximate surface area is 163 Å². The second kappa shape index (κ2) is 8.73.